The molecule has 0 aliphatic heterocycles. The van der Waals surface area contributed by atoms with E-state index in [2.05, 4.69) is 32.6 Å². The van der Waals surface area contributed by atoms with Crippen LogP contribution >= 0.6 is 22.6 Å². The van der Waals surface area contributed by atoms with Crippen molar-refractivity contribution in [3.8, 4) is 0 Å². The fraction of sp³-hybridized carbons (Fsp3) is 0.222. The minimum absolute atomic E-state index is 0.221. The summed E-state index contributed by atoms with van der Waals surface area (Å²) in [6.07, 6.45) is 0.221. The molecule has 0 unspecified atom stereocenters. The molecule has 1 aromatic rings. The molecular weight excluding hydrogens is 309 g/mol. The average molecular weight is 317 g/mol. The van der Waals surface area contributed by atoms with Gasteiger partial charge in [-0.15, -0.1) is 0 Å². The number of hydrogen-bond donors (Lipinski definition) is 1. The van der Waals surface area contributed by atoms with Crippen LogP contribution < -0.4 is 0 Å². The molecule has 1 atom stereocenters. The number of hydrogen-bond acceptors (Lipinski definition) is 2. The molecule has 1 rings (SSSR count). The van der Waals surface area contributed by atoms with Crippen molar-refractivity contribution >= 4 is 28.6 Å². The molecule has 1 N–H and O–H groups in total. The molecule has 0 bridgehead atoms. The topological polar surface area (TPSA) is 86.1 Å². The molecule has 0 amide bonds. The van der Waals surface area contributed by atoms with E-state index in [1.54, 1.807) is 0 Å². The lowest BCUT2D eigenvalue weighted by atomic mass is 10.1. The van der Waals surface area contributed by atoms with Crippen LogP contribution in [0.4, 0.5) is 0 Å². The summed E-state index contributed by atoms with van der Waals surface area (Å²) < 4.78 is 0.967. The van der Waals surface area contributed by atoms with Gasteiger partial charge in [-0.05, 0) is 46.2 Å². The smallest absolute Gasteiger partial charge is 0.312 e. The minimum atomic E-state index is -1.10. The molecule has 78 valence electrons. The van der Waals surface area contributed by atoms with E-state index in [0.717, 1.165) is 9.13 Å². The van der Waals surface area contributed by atoms with Crippen molar-refractivity contribution in [1.82, 2.24) is 0 Å². The van der Waals surface area contributed by atoms with Gasteiger partial charge in [-0.25, -0.2) is 0 Å². The molecule has 0 fully saturated rings. The molecule has 0 aliphatic carbocycles. The van der Waals surface area contributed by atoms with Crippen LogP contribution in [0.2, 0.25) is 0 Å². The first-order valence-corrected chi connectivity index (χ1v) is 5.23. The van der Waals surface area contributed by atoms with Gasteiger partial charge < -0.3 is 5.11 Å². The SMILES string of the molecule is [N-]=[N+]=N[C@H](Cc1ccccc1I)C(=O)O. The number of nitrogens with zero attached hydrogens (tertiary/aromatic N) is 3. The van der Waals surface area contributed by atoms with Crippen LogP contribution in [0.5, 0.6) is 0 Å². The molecule has 6 heteroatoms. The third kappa shape index (κ3) is 3.41. The Balaban J connectivity index is 2.88. The molecule has 0 radical (unpaired) electrons. The number of aliphatic carboxylic acids is 1. The van der Waals surface area contributed by atoms with Crippen LogP contribution in [0.25, 0.3) is 10.4 Å². The molecule has 0 saturated carbocycles. The Kier molecular flexibility index (Phi) is 4.38. The summed E-state index contributed by atoms with van der Waals surface area (Å²) in [6.45, 7) is 0. The van der Waals surface area contributed by atoms with Crippen molar-refractivity contribution in [3.63, 3.8) is 0 Å². The molecule has 0 heterocycles. The number of carbonyl (C=O) groups is 1. The maximum absolute atomic E-state index is 10.7. The fourth-order valence-electron chi connectivity index (χ4n) is 1.11. The van der Waals surface area contributed by atoms with Crippen LogP contribution in [0.15, 0.2) is 29.4 Å². The summed E-state index contributed by atoms with van der Waals surface area (Å²) in [5.41, 5.74) is 9.10. The maximum atomic E-state index is 10.7. The van der Waals surface area contributed by atoms with Crippen molar-refractivity contribution in [2.75, 3.05) is 0 Å². The molecule has 0 aromatic heterocycles. The van der Waals surface area contributed by atoms with E-state index in [0.29, 0.717) is 0 Å². The molecule has 15 heavy (non-hydrogen) atoms. The second kappa shape index (κ2) is 5.57. The van der Waals surface area contributed by atoms with Crippen LogP contribution in [0.1, 0.15) is 5.56 Å². The van der Waals surface area contributed by atoms with Gasteiger partial charge >= 0.3 is 5.97 Å². The lowest BCUT2D eigenvalue weighted by Crippen LogP contribution is -2.20. The summed E-state index contributed by atoms with van der Waals surface area (Å²) in [6, 6.07) is 6.36. The number of carboxylic acids is 1. The third-order valence-electron chi connectivity index (χ3n) is 1.85. The molecule has 5 nitrogen and oxygen atoms in total. The Hall–Kier alpha value is -1.27. The van der Waals surface area contributed by atoms with Crippen LogP contribution in [0.3, 0.4) is 0 Å². The first kappa shape index (κ1) is 11.8. The van der Waals surface area contributed by atoms with E-state index in [1.807, 2.05) is 24.3 Å². The average Bonchev–Trinajstić information content (AvgIpc) is 2.20. The van der Waals surface area contributed by atoms with Gasteiger partial charge in [0.25, 0.3) is 0 Å². The highest BCUT2D eigenvalue weighted by Gasteiger charge is 2.16. The van der Waals surface area contributed by atoms with Gasteiger partial charge in [0, 0.05) is 8.48 Å². The quantitative estimate of drug-likeness (QED) is 0.400. The molecule has 1 aromatic carbocycles. The largest absolute Gasteiger partial charge is 0.481 e. The summed E-state index contributed by atoms with van der Waals surface area (Å²) in [5.74, 6) is -1.10. The highest BCUT2D eigenvalue weighted by molar-refractivity contribution is 14.1. The zero-order chi connectivity index (χ0) is 11.3. The van der Waals surface area contributed by atoms with Crippen LogP contribution in [-0.2, 0) is 11.2 Å². The molecule has 0 aliphatic rings. The second-order valence-corrected chi connectivity index (χ2v) is 4.02. The number of halogens is 1. The summed E-state index contributed by atoms with van der Waals surface area (Å²) >= 11 is 2.12. The molecule has 0 saturated heterocycles. The number of azide groups is 1. The third-order valence-corrected chi connectivity index (χ3v) is 2.90. The van der Waals surface area contributed by atoms with Crippen molar-refractivity contribution in [2.45, 2.75) is 12.5 Å². The van der Waals surface area contributed by atoms with Gasteiger partial charge in [-0.1, -0.05) is 23.3 Å². The van der Waals surface area contributed by atoms with E-state index < -0.39 is 12.0 Å². The van der Waals surface area contributed by atoms with Gasteiger partial charge in [0.05, 0.1) is 0 Å². The lowest BCUT2D eigenvalue weighted by Gasteiger charge is -2.07. The van der Waals surface area contributed by atoms with Gasteiger partial charge in [-0.2, -0.15) is 0 Å². The number of benzene rings is 1. The minimum Gasteiger partial charge on any atom is -0.481 e. The van der Waals surface area contributed by atoms with Crippen molar-refractivity contribution in [2.24, 2.45) is 5.11 Å². The molecular formula is C9H8IN3O2. The Bertz CT molecular complexity index is 414. The number of carboxylic acid groups (broad SMARTS) is 1. The van der Waals surface area contributed by atoms with E-state index in [4.69, 9.17) is 10.6 Å². The van der Waals surface area contributed by atoms with Crippen molar-refractivity contribution in [1.29, 1.82) is 0 Å². The van der Waals surface area contributed by atoms with E-state index in [-0.39, 0.29) is 6.42 Å². The van der Waals surface area contributed by atoms with Gasteiger partial charge in [0.1, 0.15) is 6.04 Å². The Morgan fingerprint density at radius 3 is 2.80 bits per heavy atom. The van der Waals surface area contributed by atoms with E-state index in [9.17, 15) is 4.79 Å². The van der Waals surface area contributed by atoms with Gasteiger partial charge in [0.2, 0.25) is 0 Å². The highest BCUT2D eigenvalue weighted by Crippen LogP contribution is 2.14. The summed E-state index contributed by atoms with van der Waals surface area (Å²) in [4.78, 5) is 13.3. The first-order valence-electron chi connectivity index (χ1n) is 4.15. The normalized spacial score (nSPS) is 11.5. The first-order chi connectivity index (χ1) is 7.15. The van der Waals surface area contributed by atoms with Gasteiger partial charge in [-0.3, -0.25) is 4.79 Å². The summed E-state index contributed by atoms with van der Waals surface area (Å²) in [7, 11) is 0. The maximum Gasteiger partial charge on any atom is 0.312 e. The Morgan fingerprint density at radius 1 is 1.60 bits per heavy atom. The summed E-state index contributed by atoms with van der Waals surface area (Å²) in [5, 5.41) is 12.0. The predicted octanol–water partition coefficient (Wildman–Crippen LogP) is 2.60. The highest BCUT2D eigenvalue weighted by atomic mass is 127. The zero-order valence-corrected chi connectivity index (χ0v) is 9.83. The Morgan fingerprint density at radius 2 is 2.27 bits per heavy atom. The van der Waals surface area contributed by atoms with Gasteiger partial charge in [0.15, 0.2) is 0 Å². The predicted molar refractivity (Wildman–Crippen MR) is 63.4 cm³/mol. The molecule has 0 spiro atoms. The van der Waals surface area contributed by atoms with E-state index >= 15 is 0 Å². The monoisotopic (exact) mass is 317 g/mol. The van der Waals surface area contributed by atoms with Crippen molar-refractivity contribution < 1.29 is 9.90 Å². The van der Waals surface area contributed by atoms with Crippen LogP contribution in [0, 0.1) is 3.57 Å². The zero-order valence-electron chi connectivity index (χ0n) is 7.67. The fourth-order valence-corrected chi connectivity index (χ4v) is 1.72. The second-order valence-electron chi connectivity index (χ2n) is 2.85. The lowest BCUT2D eigenvalue weighted by molar-refractivity contribution is -0.138. The van der Waals surface area contributed by atoms with E-state index in [1.165, 1.54) is 0 Å². The number of rotatable bonds is 4. The Labute approximate surface area is 99.9 Å². The van der Waals surface area contributed by atoms with Crippen molar-refractivity contribution in [3.05, 3.63) is 43.8 Å². The van der Waals surface area contributed by atoms with Crippen LogP contribution in [-0.4, -0.2) is 17.1 Å². The standard InChI is InChI=1S/C9H8IN3O2/c10-7-4-2-1-3-6(7)5-8(9(14)15)12-13-11/h1-4,8H,5H2,(H,14,15)/t8-/m1/s1.